The minimum Gasteiger partial charge on any atom is -0.480 e. The van der Waals surface area contributed by atoms with Crippen molar-refractivity contribution in [2.45, 2.75) is 193 Å². The molecule has 20 heteroatoms. The van der Waals surface area contributed by atoms with Gasteiger partial charge in [-0.05, 0) is 76.8 Å². The fraction of sp³-hybridized carbons (Fsp3) is 0.694. The van der Waals surface area contributed by atoms with Crippen LogP contribution in [-0.2, 0) is 44.8 Å². The van der Waals surface area contributed by atoms with Gasteiger partial charge in [-0.3, -0.25) is 38.6 Å². The Morgan fingerprint density at radius 2 is 1.09 bits per heavy atom. The zero-order valence-corrected chi connectivity index (χ0v) is 41.9. The van der Waals surface area contributed by atoms with Crippen molar-refractivity contribution in [3.05, 3.63) is 35.9 Å². The molecule has 390 valence electrons. The molecule has 7 amide bonds. The highest BCUT2D eigenvalue weighted by atomic mass is 16.4. The van der Waals surface area contributed by atoms with E-state index in [9.17, 15) is 43.5 Å². The van der Waals surface area contributed by atoms with Gasteiger partial charge >= 0.3 is 5.97 Å². The van der Waals surface area contributed by atoms with Gasteiger partial charge in [-0.1, -0.05) is 115 Å². The highest BCUT2D eigenvalue weighted by Gasteiger charge is 2.31. The first-order valence-electron chi connectivity index (χ1n) is 25.0. The van der Waals surface area contributed by atoms with Crippen LogP contribution in [0.5, 0.6) is 0 Å². The lowest BCUT2D eigenvalue weighted by atomic mass is 10.0. The summed E-state index contributed by atoms with van der Waals surface area (Å²) in [7, 11) is 0. The molecule has 0 aliphatic carbocycles. The lowest BCUT2D eigenvalue weighted by Crippen LogP contribution is -2.58. The minimum absolute atomic E-state index is 0.0176. The van der Waals surface area contributed by atoms with E-state index in [2.05, 4.69) is 49.1 Å². The number of amides is 7. The molecule has 0 unspecified atom stereocenters. The van der Waals surface area contributed by atoms with Gasteiger partial charge in [0, 0.05) is 19.4 Å². The van der Waals surface area contributed by atoms with Gasteiger partial charge in [-0.2, -0.15) is 0 Å². The van der Waals surface area contributed by atoms with Crippen molar-refractivity contribution < 1.29 is 43.5 Å². The molecule has 1 aromatic rings. The quantitative estimate of drug-likeness (QED) is 0.0259. The van der Waals surface area contributed by atoms with E-state index in [1.807, 2.05) is 44.2 Å². The van der Waals surface area contributed by atoms with Crippen molar-refractivity contribution in [2.24, 2.45) is 28.1 Å². The van der Waals surface area contributed by atoms with Crippen LogP contribution < -0.4 is 54.4 Å². The zero-order chi connectivity index (χ0) is 51.6. The summed E-state index contributed by atoms with van der Waals surface area (Å²) < 4.78 is 0. The second-order valence-corrected chi connectivity index (χ2v) is 18.2. The number of aliphatic carboxylic acids is 1. The third-order valence-electron chi connectivity index (χ3n) is 11.4. The maximum Gasteiger partial charge on any atom is 0.326 e. The van der Waals surface area contributed by atoms with Crippen molar-refractivity contribution in [2.75, 3.05) is 19.6 Å². The van der Waals surface area contributed by atoms with Gasteiger partial charge in [0.15, 0.2) is 5.96 Å². The van der Waals surface area contributed by atoms with Crippen LogP contribution in [0, 0.1) is 5.92 Å². The van der Waals surface area contributed by atoms with E-state index in [1.54, 1.807) is 0 Å². The Kier molecular flexibility index (Phi) is 32.1. The Balaban J connectivity index is 3.02. The summed E-state index contributed by atoms with van der Waals surface area (Å²) in [4.78, 5) is 109. The number of guanidine groups is 1. The van der Waals surface area contributed by atoms with Crippen LogP contribution in [0.15, 0.2) is 35.3 Å². The lowest BCUT2D eigenvalue weighted by molar-refractivity contribution is -0.142. The SMILES string of the molecule is CCCCCCCCCCCCCC(=O)N[C@@H](Cc1ccccc1)C(=O)N[C@@H](C)C(=O)N[C@@H](CCCN=C(N)N)C(=O)N[C@@H](CCCCN)C(=O)NCC(=O)N[C@@H](C)C(=O)N[C@@H](CC(C)C)C(=O)O. The van der Waals surface area contributed by atoms with Crippen LogP contribution in [-0.4, -0.2) is 114 Å². The predicted octanol–water partition coefficient (Wildman–Crippen LogP) is 2.31. The van der Waals surface area contributed by atoms with Gasteiger partial charge in [-0.25, -0.2) is 4.79 Å². The number of hydrogen-bond acceptors (Lipinski definition) is 10. The molecule has 0 aliphatic rings. The van der Waals surface area contributed by atoms with Gasteiger partial charge < -0.3 is 59.5 Å². The maximum atomic E-state index is 13.9. The first-order valence-corrected chi connectivity index (χ1v) is 25.0. The molecule has 0 aromatic heterocycles. The number of unbranched alkanes of at least 4 members (excludes halogenated alkanes) is 11. The number of nitrogens with two attached hydrogens (primary N) is 3. The number of nitrogens with one attached hydrogen (secondary N) is 7. The molecule has 0 radical (unpaired) electrons. The number of carboxylic acid groups (broad SMARTS) is 1. The lowest BCUT2D eigenvalue weighted by Gasteiger charge is -2.25. The number of rotatable bonds is 38. The molecule has 0 fully saturated rings. The molecule has 0 heterocycles. The predicted molar refractivity (Wildman–Crippen MR) is 267 cm³/mol. The molecule has 0 saturated heterocycles. The summed E-state index contributed by atoms with van der Waals surface area (Å²) in [6, 6.07) is 2.34. The van der Waals surface area contributed by atoms with E-state index in [1.165, 1.54) is 58.8 Å². The molecule has 0 saturated carbocycles. The summed E-state index contributed by atoms with van der Waals surface area (Å²) in [5.41, 5.74) is 17.5. The summed E-state index contributed by atoms with van der Waals surface area (Å²) in [6.07, 6.45) is 14.5. The van der Waals surface area contributed by atoms with Crippen molar-refractivity contribution in [3.63, 3.8) is 0 Å². The highest BCUT2D eigenvalue weighted by molar-refractivity contribution is 5.96. The molecular formula is C49H85N11O9. The molecule has 69 heavy (non-hydrogen) atoms. The Morgan fingerprint density at radius 1 is 0.565 bits per heavy atom. The monoisotopic (exact) mass is 972 g/mol. The molecule has 20 nitrogen and oxygen atoms in total. The van der Waals surface area contributed by atoms with Crippen LogP contribution in [0.4, 0.5) is 0 Å². The number of carbonyl (C=O) groups is 8. The molecular weight excluding hydrogens is 887 g/mol. The average molecular weight is 972 g/mol. The molecule has 0 aliphatic heterocycles. The molecule has 0 spiro atoms. The van der Waals surface area contributed by atoms with Gasteiger partial charge in [0.1, 0.15) is 36.3 Å². The van der Waals surface area contributed by atoms with E-state index >= 15 is 0 Å². The summed E-state index contributed by atoms with van der Waals surface area (Å²) in [5.74, 6) is -5.90. The summed E-state index contributed by atoms with van der Waals surface area (Å²) in [5, 5.41) is 27.7. The Hall–Kier alpha value is -5.79. The molecule has 14 N–H and O–H groups in total. The smallest absolute Gasteiger partial charge is 0.326 e. The van der Waals surface area contributed by atoms with Crippen LogP contribution >= 0.6 is 0 Å². The van der Waals surface area contributed by atoms with Gasteiger partial charge in [-0.15, -0.1) is 0 Å². The average Bonchev–Trinajstić information content (AvgIpc) is 3.29. The Labute approximate surface area is 409 Å². The van der Waals surface area contributed by atoms with Crippen molar-refractivity contribution in [1.29, 1.82) is 0 Å². The summed E-state index contributed by atoms with van der Waals surface area (Å²) in [6.45, 7) is 8.50. The van der Waals surface area contributed by atoms with Gasteiger partial charge in [0.05, 0.1) is 6.54 Å². The number of benzene rings is 1. The number of aliphatic imine (C=N–C) groups is 1. The number of nitrogens with zero attached hydrogens (tertiary/aromatic N) is 1. The molecule has 6 atom stereocenters. The van der Waals surface area contributed by atoms with Crippen molar-refractivity contribution in [3.8, 4) is 0 Å². The van der Waals surface area contributed by atoms with E-state index in [-0.39, 0.29) is 62.9 Å². The van der Waals surface area contributed by atoms with Crippen molar-refractivity contribution in [1.82, 2.24) is 37.2 Å². The molecule has 1 aromatic carbocycles. The number of carbonyl (C=O) groups excluding carboxylic acids is 7. The Morgan fingerprint density at radius 3 is 1.65 bits per heavy atom. The number of carboxylic acids is 1. The first kappa shape index (κ1) is 61.2. The third kappa shape index (κ3) is 29.0. The standard InChI is InChI=1S/C49H85N11O9/c1-6-7-8-9-10-11-12-13-14-15-19-27-41(61)57-39(31-36-23-17-16-18-24-36)47(67)56-35(5)44(64)58-38(26-22-29-53-49(51)52)46(66)59-37(25-20-21-28-50)45(65)54-32-42(62)55-34(4)43(63)60-40(48(68)69)30-33(2)3/h16-18,23-24,33-35,37-40H,6-15,19-22,25-32,50H2,1-5H3,(H,54,65)(H,55,62)(H,56,67)(H,57,61)(H,58,64)(H,59,66)(H,60,63)(H,68,69)(H4,51,52,53)/t34-,35-,37-,38-,39-,40-/m0/s1. The first-order chi connectivity index (χ1) is 32.9. The van der Waals surface area contributed by atoms with Gasteiger partial charge in [0.25, 0.3) is 0 Å². The third-order valence-corrected chi connectivity index (χ3v) is 11.4. The largest absolute Gasteiger partial charge is 0.480 e. The topological polar surface area (TPSA) is 331 Å². The molecule has 0 bridgehead atoms. The van der Waals surface area contributed by atoms with E-state index in [4.69, 9.17) is 17.2 Å². The fourth-order valence-corrected chi connectivity index (χ4v) is 7.40. The van der Waals surface area contributed by atoms with Crippen LogP contribution in [0.25, 0.3) is 0 Å². The summed E-state index contributed by atoms with van der Waals surface area (Å²) >= 11 is 0. The highest BCUT2D eigenvalue weighted by Crippen LogP contribution is 2.13. The van der Waals surface area contributed by atoms with Crippen LogP contribution in [0.3, 0.4) is 0 Å². The fourth-order valence-electron chi connectivity index (χ4n) is 7.40. The number of hydrogen-bond donors (Lipinski definition) is 11. The zero-order valence-electron chi connectivity index (χ0n) is 41.9. The van der Waals surface area contributed by atoms with Crippen LogP contribution in [0.2, 0.25) is 0 Å². The Bertz CT molecular complexity index is 1740. The van der Waals surface area contributed by atoms with E-state index < -0.39 is 84.2 Å². The van der Waals surface area contributed by atoms with E-state index in [0.29, 0.717) is 25.8 Å². The van der Waals surface area contributed by atoms with Crippen LogP contribution in [0.1, 0.15) is 156 Å². The second-order valence-electron chi connectivity index (χ2n) is 18.2. The van der Waals surface area contributed by atoms with E-state index in [0.717, 1.165) is 24.8 Å². The van der Waals surface area contributed by atoms with Crippen molar-refractivity contribution >= 4 is 53.3 Å². The van der Waals surface area contributed by atoms with Gasteiger partial charge in [0.2, 0.25) is 41.4 Å². The second kappa shape index (κ2) is 36.2. The maximum absolute atomic E-state index is 13.9. The normalized spacial score (nSPS) is 13.6. The molecule has 1 rings (SSSR count). The minimum atomic E-state index is -1.23.